The van der Waals surface area contributed by atoms with E-state index in [2.05, 4.69) is 13.0 Å². The Kier molecular flexibility index (Phi) is 12.5. The number of fused-ring (bicyclic) bond motifs is 5. The largest absolute Gasteiger partial charge is 1.00 e. The van der Waals surface area contributed by atoms with Crippen molar-refractivity contribution in [3.8, 4) is 5.75 Å². The number of benzene rings is 1. The summed E-state index contributed by atoms with van der Waals surface area (Å²) in [6.07, 6.45) is 4.12. The Morgan fingerprint density at radius 2 is 1.83 bits per heavy atom. The number of aryl methyl sites for hydroxylation is 1. The molecule has 2 fully saturated rings. The normalized spacial score (nSPS) is 29.1. The summed E-state index contributed by atoms with van der Waals surface area (Å²) in [4.78, 5) is 36.5. The molecule has 0 heterocycles. The molecular formula is C23H30Cl2NNa2O6P. The number of ether oxygens (including phenoxy) is 1. The molecule has 184 valence electrons. The van der Waals surface area contributed by atoms with Crippen LogP contribution in [0, 0.1) is 17.3 Å². The number of carbonyl (C=O) groups is 1. The molecular weight excluding hydrogens is 534 g/mol. The molecule has 0 aromatic heterocycles. The molecule has 0 aliphatic heterocycles. The minimum absolute atomic E-state index is 0. The summed E-state index contributed by atoms with van der Waals surface area (Å²) in [7, 11) is -5.00. The van der Waals surface area contributed by atoms with Gasteiger partial charge in [0.1, 0.15) is 5.75 Å². The van der Waals surface area contributed by atoms with Crippen molar-refractivity contribution in [1.82, 2.24) is 4.90 Å². The van der Waals surface area contributed by atoms with Crippen molar-refractivity contribution in [2.75, 3.05) is 24.8 Å². The van der Waals surface area contributed by atoms with Crippen LogP contribution in [0.3, 0.4) is 0 Å². The molecule has 7 nitrogen and oxygen atoms in total. The minimum Gasteiger partial charge on any atom is -0.790 e. The van der Waals surface area contributed by atoms with Crippen LogP contribution in [0.2, 0.25) is 0 Å². The van der Waals surface area contributed by atoms with Gasteiger partial charge in [0.15, 0.2) is 0 Å². The molecule has 3 aliphatic carbocycles. The van der Waals surface area contributed by atoms with E-state index in [0.717, 1.165) is 32.1 Å². The molecule has 1 aromatic rings. The van der Waals surface area contributed by atoms with E-state index in [9.17, 15) is 19.1 Å². The topological polar surface area (TPSA) is 102 Å². The van der Waals surface area contributed by atoms with E-state index in [4.69, 9.17) is 32.5 Å². The average Bonchev–Trinajstić information content (AvgIpc) is 3.08. The maximum absolute atomic E-state index is 12.5. The van der Waals surface area contributed by atoms with Gasteiger partial charge in [-0.15, -0.1) is 23.2 Å². The molecule has 35 heavy (non-hydrogen) atoms. The molecule has 0 bridgehead atoms. The Morgan fingerprint density at radius 1 is 1.14 bits per heavy atom. The molecule has 0 radical (unpaired) electrons. The van der Waals surface area contributed by atoms with Crippen LogP contribution in [0.15, 0.2) is 18.2 Å². The summed E-state index contributed by atoms with van der Waals surface area (Å²) in [5.41, 5.74) is 2.20. The van der Waals surface area contributed by atoms with Crippen molar-refractivity contribution in [2.24, 2.45) is 17.3 Å². The van der Waals surface area contributed by atoms with E-state index in [0.29, 0.717) is 54.8 Å². The molecule has 4 unspecified atom stereocenters. The summed E-state index contributed by atoms with van der Waals surface area (Å²) < 4.78 is 21.9. The van der Waals surface area contributed by atoms with Crippen molar-refractivity contribution >= 4 is 37.1 Å². The van der Waals surface area contributed by atoms with Crippen LogP contribution in [0.25, 0.3) is 0 Å². The van der Waals surface area contributed by atoms with Gasteiger partial charge < -0.3 is 28.5 Å². The first kappa shape index (κ1) is 32.4. The number of carbonyl (C=O) groups excluding carboxylic acids is 1. The zero-order valence-corrected chi connectivity index (χ0v) is 27.1. The first-order valence-corrected chi connectivity index (χ1v) is 14.1. The molecule has 4 rings (SSSR count). The monoisotopic (exact) mass is 563 g/mol. The minimum atomic E-state index is -5.00. The van der Waals surface area contributed by atoms with Gasteiger partial charge in [-0.25, -0.2) is 4.79 Å². The van der Waals surface area contributed by atoms with Crippen LogP contribution in [-0.2, 0) is 15.5 Å². The molecule has 12 heteroatoms. The number of hydrogen-bond donors (Lipinski definition) is 0. The predicted molar refractivity (Wildman–Crippen MR) is 123 cm³/mol. The fourth-order valence-corrected chi connectivity index (χ4v) is 7.63. The summed E-state index contributed by atoms with van der Waals surface area (Å²) in [5.74, 6) is 2.28. The number of rotatable bonds is 7. The fourth-order valence-electron chi connectivity index (χ4n) is 6.57. The second-order valence-corrected chi connectivity index (χ2v) is 11.5. The van der Waals surface area contributed by atoms with Crippen molar-refractivity contribution in [2.45, 2.75) is 57.5 Å². The third kappa shape index (κ3) is 7.23. The van der Waals surface area contributed by atoms with E-state index in [-0.39, 0.29) is 64.5 Å². The first-order chi connectivity index (χ1) is 15.7. The zero-order chi connectivity index (χ0) is 23.8. The molecule has 0 saturated heterocycles. The third-order valence-corrected chi connectivity index (χ3v) is 8.89. The van der Waals surface area contributed by atoms with Gasteiger partial charge in [-0.2, -0.15) is 0 Å². The maximum Gasteiger partial charge on any atom is 1.00 e. The Labute approximate surface area is 261 Å². The summed E-state index contributed by atoms with van der Waals surface area (Å²) >= 11 is 11.6. The van der Waals surface area contributed by atoms with Crippen molar-refractivity contribution < 1.29 is 87.5 Å². The summed E-state index contributed by atoms with van der Waals surface area (Å²) in [5, 5.41) is 0. The van der Waals surface area contributed by atoms with Gasteiger partial charge >= 0.3 is 65.2 Å². The van der Waals surface area contributed by atoms with Gasteiger partial charge in [0.2, 0.25) is 0 Å². The van der Waals surface area contributed by atoms with Crippen LogP contribution in [0.1, 0.15) is 56.1 Å². The molecule has 2 saturated carbocycles. The number of phosphoric ester groups is 1. The quantitative estimate of drug-likeness (QED) is 0.217. The maximum atomic E-state index is 12.5. The second kappa shape index (κ2) is 13.5. The third-order valence-electron chi connectivity index (χ3n) is 8.04. The van der Waals surface area contributed by atoms with E-state index in [1.165, 1.54) is 16.0 Å². The number of nitrogens with zero attached hydrogens (tertiary/aromatic N) is 1. The number of phosphoric acid groups is 1. The molecule has 0 spiro atoms. The van der Waals surface area contributed by atoms with Gasteiger partial charge in [-0.3, -0.25) is 0 Å². The second-order valence-electron chi connectivity index (χ2n) is 9.67. The fraction of sp³-hybridized carbons (Fsp3) is 0.696. The van der Waals surface area contributed by atoms with Crippen LogP contribution in [0.4, 0.5) is 4.79 Å². The molecule has 0 N–H and O–H groups in total. The predicted octanol–water partition coefficient (Wildman–Crippen LogP) is -1.96. The van der Waals surface area contributed by atoms with Gasteiger partial charge in [0.25, 0.3) is 0 Å². The van der Waals surface area contributed by atoms with Gasteiger partial charge in [-0.1, -0.05) is 13.0 Å². The van der Waals surface area contributed by atoms with E-state index < -0.39 is 20.0 Å². The van der Waals surface area contributed by atoms with Crippen LogP contribution >= 0.6 is 31.0 Å². The van der Waals surface area contributed by atoms with Crippen LogP contribution < -0.4 is 73.6 Å². The van der Waals surface area contributed by atoms with Crippen molar-refractivity contribution in [1.29, 1.82) is 0 Å². The van der Waals surface area contributed by atoms with Crippen LogP contribution in [0.5, 0.6) is 5.75 Å². The Hall–Kier alpha value is 1.18. The summed E-state index contributed by atoms with van der Waals surface area (Å²) in [6, 6.07) is 5.87. The van der Waals surface area contributed by atoms with E-state index in [1.54, 1.807) is 0 Å². The van der Waals surface area contributed by atoms with E-state index in [1.807, 2.05) is 12.1 Å². The summed E-state index contributed by atoms with van der Waals surface area (Å²) in [6.45, 7) is 2.84. The Bertz CT molecular complexity index is 931. The molecule has 3 aliphatic rings. The SMILES string of the molecule is C[C@]12CCC3c4ccc(OC(=O)N(CCCl)CCCl)cc4CCC3C1CCC2OP(=O)([O-])[O-].[Na+].[Na+]. The number of alkyl halides is 2. The smallest absolute Gasteiger partial charge is 0.790 e. The Balaban J connectivity index is 0.00000216. The average molecular weight is 564 g/mol. The Morgan fingerprint density at radius 3 is 2.46 bits per heavy atom. The molecule has 1 aromatic carbocycles. The number of halogens is 2. The van der Waals surface area contributed by atoms with Crippen molar-refractivity contribution in [3.63, 3.8) is 0 Å². The molecule has 1 amide bonds. The zero-order valence-electron chi connectivity index (χ0n) is 20.7. The first-order valence-electron chi connectivity index (χ1n) is 11.6. The number of amides is 1. The van der Waals surface area contributed by atoms with Gasteiger partial charge in [0, 0.05) is 24.8 Å². The van der Waals surface area contributed by atoms with Crippen LogP contribution in [-0.4, -0.2) is 41.9 Å². The van der Waals surface area contributed by atoms with Gasteiger partial charge in [0.05, 0.1) is 13.9 Å². The van der Waals surface area contributed by atoms with E-state index >= 15 is 0 Å². The molecule has 5 atom stereocenters. The standard InChI is InChI=1S/C23H32Cl2NO6P.2Na/c1-23-9-8-18-17-5-3-16(31-22(27)26(12-10-24)13-11-25)14-15(17)2-4-19(18)20(23)6-7-21(23)32-33(28,29)30;;/h3,5,14,18-21H,2,4,6-13H2,1H3,(H2,28,29,30);;/q;2*+1/p-2/t18?,19?,20?,21?,23-;;/m0../s1. The van der Waals surface area contributed by atoms with Crippen molar-refractivity contribution in [3.05, 3.63) is 29.3 Å². The van der Waals surface area contributed by atoms with Gasteiger partial charge in [-0.05, 0) is 85.0 Å². The number of hydrogen-bond acceptors (Lipinski definition) is 6.